The average Bonchev–Trinajstić information content (AvgIpc) is 3.11. The molecule has 0 atom stereocenters. The van der Waals surface area contributed by atoms with Crippen LogP contribution in [0.5, 0.6) is 0 Å². The maximum atomic E-state index is 8.74. The minimum Gasteiger partial charge on any atom is -0.383 e. The summed E-state index contributed by atoms with van der Waals surface area (Å²) < 4.78 is 31.6. The van der Waals surface area contributed by atoms with E-state index in [9.17, 15) is 0 Å². The van der Waals surface area contributed by atoms with Gasteiger partial charge in [-0.05, 0) is 85.0 Å². The SMILES string of the molecule is Nc1nc(N)c(-c2ccc(Cl)c(Cl)c2)c(CCCc2ccccc2)n1.Nc1nc(N)c(-c2ccc(Cl)c(Cl)c2)c(CCCc2ccccc2)n1.O=S(=O)(O)O. The fourth-order valence-corrected chi connectivity index (χ4v) is 6.19. The molecule has 0 saturated heterocycles. The van der Waals surface area contributed by atoms with E-state index in [4.69, 9.17) is 86.9 Å². The highest BCUT2D eigenvalue weighted by atomic mass is 35.5. The van der Waals surface area contributed by atoms with Gasteiger partial charge in [0.05, 0.1) is 31.5 Å². The lowest BCUT2D eigenvalue weighted by molar-refractivity contribution is 0.381. The van der Waals surface area contributed by atoms with E-state index in [1.54, 1.807) is 24.3 Å². The third-order valence-electron chi connectivity index (χ3n) is 7.92. The van der Waals surface area contributed by atoms with Gasteiger partial charge in [0.15, 0.2) is 0 Å². The lowest BCUT2D eigenvalue weighted by Crippen LogP contribution is -2.07. The van der Waals surface area contributed by atoms with E-state index in [-0.39, 0.29) is 11.9 Å². The van der Waals surface area contributed by atoms with Crippen LogP contribution in [0.2, 0.25) is 20.1 Å². The van der Waals surface area contributed by atoms with Gasteiger partial charge in [0, 0.05) is 11.1 Å². The normalized spacial score (nSPS) is 10.9. The van der Waals surface area contributed by atoms with Crippen LogP contribution < -0.4 is 22.9 Å². The van der Waals surface area contributed by atoms with E-state index in [0.717, 1.165) is 72.2 Å². The molecule has 55 heavy (non-hydrogen) atoms. The molecule has 4 aromatic carbocycles. The molecule has 12 nitrogen and oxygen atoms in total. The summed E-state index contributed by atoms with van der Waals surface area (Å²) in [6.07, 6.45) is 5.22. The van der Waals surface area contributed by atoms with E-state index in [2.05, 4.69) is 44.2 Å². The highest BCUT2D eigenvalue weighted by Crippen LogP contribution is 2.35. The molecule has 17 heteroatoms. The second-order valence-corrected chi connectivity index (χ2v) is 14.5. The van der Waals surface area contributed by atoms with Crippen molar-refractivity contribution in [3.05, 3.63) is 140 Å². The number of aryl methyl sites for hydroxylation is 4. The van der Waals surface area contributed by atoms with Gasteiger partial charge in [-0.1, -0.05) is 119 Å². The van der Waals surface area contributed by atoms with Gasteiger partial charge >= 0.3 is 10.4 Å². The Bertz CT molecular complexity index is 2170. The second-order valence-electron chi connectivity index (χ2n) is 12.0. The standard InChI is InChI=1S/2C19H18Cl2N4.H2O4S/c2*20-14-10-9-13(11-15(14)21)17-16(24-19(23)25-18(17)22)8-4-7-12-5-2-1-3-6-12;1-5(2,3)4/h2*1-3,5-6,9-11H,4,7-8H2,(H4,22,23,24,25);(H2,1,2,3,4). The third-order valence-corrected chi connectivity index (χ3v) is 9.40. The number of hydrogen-bond acceptors (Lipinski definition) is 10. The number of nitrogens with zero attached hydrogens (tertiary/aromatic N) is 4. The quantitative estimate of drug-likeness (QED) is 0.0710. The van der Waals surface area contributed by atoms with Gasteiger partial charge in [0.2, 0.25) is 11.9 Å². The molecule has 0 aliphatic rings. The number of nitrogen functional groups attached to an aromatic ring is 4. The van der Waals surface area contributed by atoms with Crippen LogP contribution in [0.1, 0.15) is 35.4 Å². The molecule has 0 amide bonds. The van der Waals surface area contributed by atoms with Crippen molar-refractivity contribution < 1.29 is 17.5 Å². The fraction of sp³-hybridized carbons (Fsp3) is 0.158. The number of hydrogen-bond donors (Lipinski definition) is 6. The van der Waals surface area contributed by atoms with Crippen LogP contribution >= 0.6 is 46.4 Å². The third kappa shape index (κ3) is 13.8. The maximum absolute atomic E-state index is 8.74. The lowest BCUT2D eigenvalue weighted by atomic mass is 10.00. The fourth-order valence-electron chi connectivity index (χ4n) is 5.60. The van der Waals surface area contributed by atoms with Crippen LogP contribution in [0.3, 0.4) is 0 Å². The van der Waals surface area contributed by atoms with E-state index in [0.29, 0.717) is 31.7 Å². The Hall–Kier alpha value is -4.73. The van der Waals surface area contributed by atoms with Crippen molar-refractivity contribution in [2.24, 2.45) is 0 Å². The molecule has 0 fully saturated rings. The first-order valence-corrected chi connectivity index (χ1v) is 19.5. The lowest BCUT2D eigenvalue weighted by Gasteiger charge is -2.13. The molecular formula is C38H38Cl4N8O4S. The molecule has 6 rings (SSSR count). The van der Waals surface area contributed by atoms with E-state index in [1.165, 1.54) is 11.1 Å². The average molecular weight is 845 g/mol. The predicted octanol–water partition coefficient (Wildman–Crippen LogP) is 8.93. The largest absolute Gasteiger partial charge is 0.394 e. The molecule has 0 saturated carbocycles. The van der Waals surface area contributed by atoms with Gasteiger partial charge in [-0.2, -0.15) is 18.4 Å². The molecule has 2 heterocycles. The van der Waals surface area contributed by atoms with Crippen molar-refractivity contribution in [3.63, 3.8) is 0 Å². The Morgan fingerprint density at radius 3 is 1.16 bits per heavy atom. The Labute approximate surface area is 339 Å². The number of benzene rings is 4. The molecule has 0 aliphatic heterocycles. The van der Waals surface area contributed by atoms with Crippen LogP contribution in [0.15, 0.2) is 97.1 Å². The van der Waals surface area contributed by atoms with Crippen molar-refractivity contribution in [1.82, 2.24) is 19.9 Å². The molecule has 2 aromatic heterocycles. The number of rotatable bonds is 10. The van der Waals surface area contributed by atoms with E-state index in [1.807, 2.05) is 48.5 Å². The zero-order valence-electron chi connectivity index (χ0n) is 29.2. The van der Waals surface area contributed by atoms with Gasteiger partial charge in [0.1, 0.15) is 11.6 Å². The maximum Gasteiger partial charge on any atom is 0.394 e. The van der Waals surface area contributed by atoms with Gasteiger partial charge in [0.25, 0.3) is 0 Å². The first kappa shape index (κ1) is 43.0. The molecule has 0 bridgehead atoms. The molecule has 6 aromatic rings. The summed E-state index contributed by atoms with van der Waals surface area (Å²) in [5.41, 5.74) is 31.2. The minimum atomic E-state index is -4.67. The van der Waals surface area contributed by atoms with Gasteiger partial charge in [-0.25, -0.2) is 9.97 Å². The van der Waals surface area contributed by atoms with Crippen LogP contribution in [0.25, 0.3) is 22.3 Å². The molecule has 0 unspecified atom stereocenters. The van der Waals surface area contributed by atoms with Crippen molar-refractivity contribution in [2.75, 3.05) is 22.9 Å². The first-order chi connectivity index (χ1) is 26.1. The van der Waals surface area contributed by atoms with E-state index >= 15 is 0 Å². The number of aromatic nitrogens is 4. The summed E-state index contributed by atoms with van der Waals surface area (Å²) in [6.45, 7) is 0. The Morgan fingerprint density at radius 2 is 0.836 bits per heavy atom. The molecular weight excluding hydrogens is 806 g/mol. The number of nitrogens with two attached hydrogens (primary N) is 4. The summed E-state index contributed by atoms with van der Waals surface area (Å²) >= 11 is 24.3. The van der Waals surface area contributed by atoms with Crippen molar-refractivity contribution >= 4 is 80.3 Å². The smallest absolute Gasteiger partial charge is 0.383 e. The second kappa shape index (κ2) is 20.3. The van der Waals surface area contributed by atoms with Crippen LogP contribution in [0, 0.1) is 0 Å². The summed E-state index contributed by atoms with van der Waals surface area (Å²) in [4.78, 5) is 17.0. The van der Waals surface area contributed by atoms with E-state index < -0.39 is 10.4 Å². The van der Waals surface area contributed by atoms with Gasteiger partial charge in [-0.15, -0.1) is 0 Å². The summed E-state index contributed by atoms with van der Waals surface area (Å²) in [7, 11) is -4.67. The Morgan fingerprint density at radius 1 is 0.491 bits per heavy atom. The minimum absolute atomic E-state index is 0.177. The van der Waals surface area contributed by atoms with Gasteiger partial charge in [-0.3, -0.25) is 9.11 Å². The number of anilines is 4. The van der Waals surface area contributed by atoms with Gasteiger partial charge < -0.3 is 22.9 Å². The highest BCUT2D eigenvalue weighted by molar-refractivity contribution is 7.79. The molecule has 0 aliphatic carbocycles. The zero-order valence-corrected chi connectivity index (χ0v) is 33.0. The molecule has 0 spiro atoms. The first-order valence-electron chi connectivity index (χ1n) is 16.6. The topological polar surface area (TPSA) is 230 Å². The van der Waals surface area contributed by atoms with Crippen LogP contribution in [-0.2, 0) is 36.1 Å². The van der Waals surface area contributed by atoms with Crippen molar-refractivity contribution in [2.45, 2.75) is 38.5 Å². The van der Waals surface area contributed by atoms with Crippen molar-refractivity contribution in [3.8, 4) is 22.3 Å². The molecule has 288 valence electrons. The van der Waals surface area contributed by atoms with Crippen molar-refractivity contribution in [1.29, 1.82) is 0 Å². The Balaban J connectivity index is 0.000000218. The molecule has 10 N–H and O–H groups in total. The van der Waals surface area contributed by atoms with Crippen LogP contribution in [-0.4, -0.2) is 37.5 Å². The highest BCUT2D eigenvalue weighted by Gasteiger charge is 2.16. The molecule has 0 radical (unpaired) electrons. The Kier molecular flexibility index (Phi) is 15.8. The summed E-state index contributed by atoms with van der Waals surface area (Å²) in [6, 6.07) is 31.4. The van der Waals surface area contributed by atoms with Crippen LogP contribution in [0.4, 0.5) is 23.5 Å². The number of halogens is 4. The monoisotopic (exact) mass is 842 g/mol. The zero-order chi connectivity index (χ0) is 40.1. The summed E-state index contributed by atoms with van der Waals surface area (Å²) in [5, 5.41) is 1.91. The summed E-state index contributed by atoms with van der Waals surface area (Å²) in [5.74, 6) is 1.05. The predicted molar refractivity (Wildman–Crippen MR) is 224 cm³/mol.